The van der Waals surface area contributed by atoms with Gasteiger partial charge < -0.3 is 19.5 Å². The zero-order chi connectivity index (χ0) is 20.5. The van der Waals surface area contributed by atoms with Crippen LogP contribution in [0.2, 0.25) is 0 Å². The summed E-state index contributed by atoms with van der Waals surface area (Å²) in [6.45, 7) is 4.78. The number of hydrogen-bond acceptors (Lipinski definition) is 5. The van der Waals surface area contributed by atoms with Gasteiger partial charge in [-0.2, -0.15) is 0 Å². The summed E-state index contributed by atoms with van der Waals surface area (Å²) < 4.78 is 15.0. The normalized spacial score (nSPS) is 17.5. The fraction of sp³-hybridized carbons (Fsp3) is 0.435. The van der Waals surface area contributed by atoms with E-state index in [9.17, 15) is 5.11 Å². The Morgan fingerprint density at radius 1 is 1.00 bits per heavy atom. The highest BCUT2D eigenvalue weighted by Crippen LogP contribution is 2.34. The first-order chi connectivity index (χ1) is 14.7. The minimum absolute atomic E-state index is 0.223. The molecular weight excluding hydrogens is 380 g/mol. The van der Waals surface area contributed by atoms with Gasteiger partial charge in [0.15, 0.2) is 11.5 Å². The largest absolute Gasteiger partial charge is 0.454 e. The number of likely N-dealkylation sites (tertiary alicyclic amines) is 1. The molecule has 0 spiro atoms. The predicted molar refractivity (Wildman–Crippen MR) is 114 cm³/mol. The molecule has 3 aromatic rings. The van der Waals surface area contributed by atoms with Gasteiger partial charge in [0.05, 0.1) is 6.54 Å². The molecule has 1 atom stereocenters. The third-order valence-electron chi connectivity index (χ3n) is 6.24. The van der Waals surface area contributed by atoms with Gasteiger partial charge >= 0.3 is 5.95 Å². The Hall–Kier alpha value is -2.77. The van der Waals surface area contributed by atoms with Crippen LogP contribution in [0.5, 0.6) is 11.5 Å². The Bertz CT molecular complexity index is 1040. The lowest BCUT2D eigenvalue weighted by Crippen LogP contribution is -2.40. The van der Waals surface area contributed by atoms with Crippen LogP contribution in [0.1, 0.15) is 30.9 Å². The number of anilines is 1. The van der Waals surface area contributed by atoms with Crippen LogP contribution in [0, 0.1) is 0 Å². The fourth-order valence-electron chi connectivity index (χ4n) is 4.56. The lowest BCUT2D eigenvalue weighted by atomic mass is 10.1. The molecule has 0 bridgehead atoms. The van der Waals surface area contributed by atoms with Gasteiger partial charge in [0.1, 0.15) is 23.7 Å². The lowest BCUT2D eigenvalue weighted by molar-refractivity contribution is -0.666. The molecule has 2 aliphatic heterocycles. The monoisotopic (exact) mass is 409 g/mol. The maximum atomic E-state index is 10.9. The summed E-state index contributed by atoms with van der Waals surface area (Å²) in [5, 5.41) is 10.9. The first-order valence-corrected chi connectivity index (χ1v) is 10.8. The molecule has 0 aliphatic carbocycles. The number of fused-ring (bicyclic) bond motifs is 2. The molecule has 0 radical (unpaired) electrons. The number of hydrogen-bond donors (Lipinski definition) is 2. The summed E-state index contributed by atoms with van der Waals surface area (Å²) in [6.07, 6.45) is 3.20. The van der Waals surface area contributed by atoms with Crippen molar-refractivity contribution in [1.82, 2.24) is 9.47 Å². The van der Waals surface area contributed by atoms with E-state index in [0.29, 0.717) is 24.0 Å². The second-order valence-corrected chi connectivity index (χ2v) is 8.14. The molecule has 5 rings (SSSR count). The minimum atomic E-state index is -0.701. The second-order valence-electron chi connectivity index (χ2n) is 8.14. The van der Waals surface area contributed by atoms with Crippen molar-refractivity contribution < 1.29 is 19.1 Å². The Labute approximate surface area is 176 Å². The summed E-state index contributed by atoms with van der Waals surface area (Å²) in [5.74, 6) is 2.06. The number of aliphatic hydroxyl groups excluding tert-OH is 1. The first-order valence-electron chi connectivity index (χ1n) is 10.8. The number of nitrogen functional groups attached to an aromatic ring is 1. The Morgan fingerprint density at radius 3 is 2.67 bits per heavy atom. The summed E-state index contributed by atoms with van der Waals surface area (Å²) in [4.78, 5) is 2.52. The molecule has 158 valence electrons. The standard InChI is InChI=1S/C23H28N4O3/c24-23-26(13-12-25-10-4-1-5-11-25)18-6-2-3-7-19(18)27(23)15-20(28)17-8-9-21-22(14-17)30-16-29-21/h2-3,6-9,14,20,24,28H,1,4-5,10-13,15-16H2/p+1/t20-/m0/s1. The van der Waals surface area contributed by atoms with E-state index in [1.807, 2.05) is 34.9 Å². The number of rotatable bonds is 6. The van der Waals surface area contributed by atoms with Crippen molar-refractivity contribution in [3.63, 3.8) is 0 Å². The quantitative estimate of drug-likeness (QED) is 0.612. The average molecular weight is 410 g/mol. The maximum Gasteiger partial charge on any atom is 0.356 e. The molecule has 1 fully saturated rings. The zero-order valence-corrected chi connectivity index (χ0v) is 17.2. The van der Waals surface area contributed by atoms with Gasteiger partial charge in [0, 0.05) is 6.54 Å². The van der Waals surface area contributed by atoms with Crippen LogP contribution in [0.25, 0.3) is 11.0 Å². The number of ether oxygens (including phenoxy) is 2. The van der Waals surface area contributed by atoms with Gasteiger partial charge in [-0.25, -0.2) is 9.13 Å². The molecule has 1 saturated heterocycles. The molecule has 0 amide bonds. The Morgan fingerprint density at radius 2 is 1.80 bits per heavy atom. The number of para-hydroxylation sites is 2. The van der Waals surface area contributed by atoms with Crippen LogP contribution in [0.15, 0.2) is 42.5 Å². The van der Waals surface area contributed by atoms with Crippen molar-refractivity contribution in [2.45, 2.75) is 38.5 Å². The molecular formula is C23H29N4O3+. The number of aliphatic hydroxyl groups is 1. The maximum absolute atomic E-state index is 10.9. The van der Waals surface area contributed by atoms with E-state index in [4.69, 9.17) is 15.2 Å². The molecule has 7 heteroatoms. The number of nitrogens with two attached hydrogens (primary N) is 1. The van der Waals surface area contributed by atoms with E-state index in [2.05, 4.69) is 21.6 Å². The molecule has 1 aromatic heterocycles. The summed E-state index contributed by atoms with van der Waals surface area (Å²) in [6, 6.07) is 13.8. The number of nitrogens with zero attached hydrogens (tertiary/aromatic N) is 3. The van der Waals surface area contributed by atoms with E-state index in [1.54, 1.807) is 0 Å². The summed E-state index contributed by atoms with van der Waals surface area (Å²) >= 11 is 0. The summed E-state index contributed by atoms with van der Waals surface area (Å²) in [5.41, 5.74) is 9.53. The molecule has 30 heavy (non-hydrogen) atoms. The smallest absolute Gasteiger partial charge is 0.356 e. The number of imidazole rings is 1. The first kappa shape index (κ1) is 19.2. The van der Waals surface area contributed by atoms with E-state index < -0.39 is 6.10 Å². The molecule has 0 unspecified atom stereocenters. The number of aromatic nitrogens is 2. The van der Waals surface area contributed by atoms with Crippen molar-refractivity contribution in [3.05, 3.63) is 48.0 Å². The Kier molecular flexibility index (Phi) is 5.23. The number of benzene rings is 2. The zero-order valence-electron chi connectivity index (χ0n) is 17.2. The third kappa shape index (κ3) is 3.59. The van der Waals surface area contributed by atoms with Crippen LogP contribution in [0.4, 0.5) is 5.95 Å². The van der Waals surface area contributed by atoms with Crippen LogP contribution in [-0.2, 0) is 13.1 Å². The molecule has 2 aromatic carbocycles. The van der Waals surface area contributed by atoms with Crippen LogP contribution in [0.3, 0.4) is 0 Å². The predicted octanol–water partition coefficient (Wildman–Crippen LogP) is 2.46. The minimum Gasteiger partial charge on any atom is -0.454 e. The highest BCUT2D eigenvalue weighted by Gasteiger charge is 2.25. The lowest BCUT2D eigenvalue weighted by Gasteiger charge is -2.25. The van der Waals surface area contributed by atoms with Crippen LogP contribution >= 0.6 is 0 Å². The molecule has 3 heterocycles. The van der Waals surface area contributed by atoms with Gasteiger partial charge in [-0.05, 0) is 55.8 Å². The Balaban J connectivity index is 1.40. The number of piperidine rings is 1. The van der Waals surface area contributed by atoms with Crippen molar-refractivity contribution >= 4 is 17.0 Å². The molecule has 2 aliphatic rings. The van der Waals surface area contributed by atoms with E-state index >= 15 is 0 Å². The van der Waals surface area contributed by atoms with E-state index in [-0.39, 0.29) is 6.79 Å². The van der Waals surface area contributed by atoms with Gasteiger partial charge in [0.25, 0.3) is 0 Å². The highest BCUT2D eigenvalue weighted by atomic mass is 16.7. The average Bonchev–Trinajstić information content (AvgIpc) is 3.35. The van der Waals surface area contributed by atoms with Gasteiger partial charge in [0.2, 0.25) is 6.79 Å². The molecule has 3 N–H and O–H groups in total. The van der Waals surface area contributed by atoms with Crippen LogP contribution < -0.4 is 19.8 Å². The van der Waals surface area contributed by atoms with E-state index in [1.165, 1.54) is 32.4 Å². The fourth-order valence-corrected chi connectivity index (χ4v) is 4.56. The topological polar surface area (TPSA) is 76.8 Å². The van der Waals surface area contributed by atoms with E-state index in [0.717, 1.165) is 29.7 Å². The molecule has 0 saturated carbocycles. The van der Waals surface area contributed by atoms with Crippen molar-refractivity contribution in [2.24, 2.45) is 0 Å². The second kappa shape index (κ2) is 8.16. The van der Waals surface area contributed by atoms with Crippen molar-refractivity contribution in [2.75, 3.05) is 32.2 Å². The van der Waals surface area contributed by atoms with Gasteiger partial charge in [-0.1, -0.05) is 24.6 Å². The molecule has 7 nitrogen and oxygen atoms in total. The summed E-state index contributed by atoms with van der Waals surface area (Å²) in [7, 11) is 0. The third-order valence-corrected chi connectivity index (χ3v) is 6.24. The van der Waals surface area contributed by atoms with Gasteiger partial charge in [-0.15, -0.1) is 0 Å². The highest BCUT2D eigenvalue weighted by molar-refractivity contribution is 5.73. The SMILES string of the molecule is Nc1n(CCN2CCCCC2)c2ccccc2[n+]1C[C@H](O)c1ccc2c(c1)OCO2. The van der Waals surface area contributed by atoms with Crippen molar-refractivity contribution in [1.29, 1.82) is 0 Å². The van der Waals surface area contributed by atoms with Gasteiger partial charge in [-0.3, -0.25) is 5.73 Å². The van der Waals surface area contributed by atoms with Crippen LogP contribution in [-0.4, -0.2) is 41.0 Å². The van der Waals surface area contributed by atoms with Crippen molar-refractivity contribution in [3.8, 4) is 11.5 Å².